The lowest BCUT2D eigenvalue weighted by atomic mass is 10.1. The van der Waals surface area contributed by atoms with Crippen molar-refractivity contribution >= 4 is 29.9 Å². The molecule has 0 fully saturated rings. The summed E-state index contributed by atoms with van der Waals surface area (Å²) in [5.41, 5.74) is 0.810. The van der Waals surface area contributed by atoms with Crippen molar-refractivity contribution in [3.63, 3.8) is 0 Å². The molecule has 2 atom stereocenters. The highest BCUT2D eigenvalue weighted by Crippen LogP contribution is 2.19. The number of nitrogens with zero attached hydrogens (tertiary/aromatic N) is 2. The molecule has 0 radical (unpaired) electrons. The number of hydrogen-bond acceptors (Lipinski definition) is 5. The minimum absolute atomic E-state index is 0. The van der Waals surface area contributed by atoms with Crippen LogP contribution in [0.3, 0.4) is 0 Å². The zero-order valence-corrected chi connectivity index (χ0v) is 21.7. The second-order valence-electron chi connectivity index (χ2n) is 7.52. The van der Waals surface area contributed by atoms with E-state index in [0.717, 1.165) is 30.8 Å². The molecule has 2 unspecified atom stereocenters. The van der Waals surface area contributed by atoms with Gasteiger partial charge in [-0.2, -0.15) is 0 Å². The first-order valence-electron chi connectivity index (χ1n) is 10.6. The Morgan fingerprint density at radius 3 is 2.53 bits per heavy atom. The topological polar surface area (TPSA) is 78.4 Å². The maximum atomic E-state index is 10.6. The summed E-state index contributed by atoms with van der Waals surface area (Å²) >= 11 is 0. The predicted octanol–water partition coefficient (Wildman–Crippen LogP) is 3.04. The van der Waals surface area contributed by atoms with Crippen LogP contribution in [0.2, 0.25) is 0 Å². The van der Waals surface area contributed by atoms with Gasteiger partial charge in [0.25, 0.3) is 0 Å². The summed E-state index contributed by atoms with van der Waals surface area (Å²) in [6, 6.07) is 7.57. The molecule has 174 valence electrons. The largest absolute Gasteiger partial charge is 0.491 e. The molecule has 1 aromatic carbocycles. The number of ether oxygens (including phenoxy) is 2. The van der Waals surface area contributed by atoms with E-state index in [1.54, 1.807) is 0 Å². The Labute approximate surface area is 199 Å². The maximum absolute atomic E-state index is 10.6. The van der Waals surface area contributed by atoms with Gasteiger partial charge in [-0.1, -0.05) is 12.1 Å². The van der Waals surface area contributed by atoms with Crippen molar-refractivity contribution in [3.8, 4) is 5.75 Å². The van der Waals surface area contributed by atoms with Crippen LogP contribution < -0.4 is 15.4 Å². The van der Waals surface area contributed by atoms with E-state index >= 15 is 0 Å². The van der Waals surface area contributed by atoms with E-state index in [0.29, 0.717) is 25.7 Å². The van der Waals surface area contributed by atoms with Gasteiger partial charge in [-0.25, -0.2) is 0 Å². The van der Waals surface area contributed by atoms with E-state index in [4.69, 9.17) is 9.47 Å². The second-order valence-corrected chi connectivity index (χ2v) is 7.52. The summed E-state index contributed by atoms with van der Waals surface area (Å²) in [5, 5.41) is 17.0. The van der Waals surface area contributed by atoms with Crippen LogP contribution in [0.25, 0.3) is 0 Å². The summed E-state index contributed by atoms with van der Waals surface area (Å²) in [6.45, 7) is 11.3. The summed E-state index contributed by atoms with van der Waals surface area (Å²) in [4.78, 5) is 6.79. The normalized spacial score (nSPS) is 13.7. The van der Waals surface area contributed by atoms with Crippen molar-refractivity contribution in [2.24, 2.45) is 4.99 Å². The van der Waals surface area contributed by atoms with Gasteiger partial charge in [-0.05, 0) is 65.9 Å². The standard InChI is InChI=1S/C22H40N4O3.HI/c1-7-23-22(24-15-20(28-8-2)12-13-26(5)6)25-16-21(27)18-10-9-11-19(14-18)29-17(3)4;/h9-11,14,17,20-21,27H,7-8,12-13,15-16H2,1-6H3,(H2,23,24,25);1H. The van der Waals surface area contributed by atoms with E-state index in [2.05, 4.69) is 34.6 Å². The SMILES string of the molecule is CCNC(=NCC(CCN(C)C)OCC)NCC(O)c1cccc(OC(C)C)c1.I. The van der Waals surface area contributed by atoms with Gasteiger partial charge < -0.3 is 30.1 Å². The van der Waals surface area contributed by atoms with Crippen LogP contribution in [0, 0.1) is 0 Å². The predicted molar refractivity (Wildman–Crippen MR) is 135 cm³/mol. The lowest BCUT2D eigenvalue weighted by Crippen LogP contribution is -2.40. The first-order valence-corrected chi connectivity index (χ1v) is 10.6. The lowest BCUT2D eigenvalue weighted by Gasteiger charge is -2.20. The second kappa shape index (κ2) is 16.6. The van der Waals surface area contributed by atoms with Gasteiger partial charge in [0.2, 0.25) is 0 Å². The van der Waals surface area contributed by atoms with Gasteiger partial charge in [-0.3, -0.25) is 4.99 Å². The van der Waals surface area contributed by atoms with E-state index in [1.807, 2.05) is 52.0 Å². The Bertz CT molecular complexity index is 600. The summed E-state index contributed by atoms with van der Waals surface area (Å²) in [5.74, 6) is 1.44. The number of rotatable bonds is 13. The van der Waals surface area contributed by atoms with Crippen LogP contribution in [-0.2, 0) is 4.74 Å². The Balaban J connectivity index is 0.00000841. The van der Waals surface area contributed by atoms with Crippen molar-refractivity contribution < 1.29 is 14.6 Å². The third-order valence-electron chi connectivity index (χ3n) is 4.18. The van der Waals surface area contributed by atoms with Crippen molar-refractivity contribution in [1.29, 1.82) is 0 Å². The molecular weight excluding hydrogens is 495 g/mol. The Hall–Kier alpha value is -1.10. The molecule has 0 aromatic heterocycles. The van der Waals surface area contributed by atoms with E-state index in [1.165, 1.54) is 0 Å². The van der Waals surface area contributed by atoms with Gasteiger partial charge in [0.05, 0.1) is 24.9 Å². The van der Waals surface area contributed by atoms with Crippen molar-refractivity contribution in [1.82, 2.24) is 15.5 Å². The molecule has 7 nitrogen and oxygen atoms in total. The molecule has 0 heterocycles. The number of halogens is 1. The average molecular weight is 536 g/mol. The zero-order chi connectivity index (χ0) is 21.6. The van der Waals surface area contributed by atoms with Gasteiger partial charge in [0, 0.05) is 26.2 Å². The number of hydrogen-bond donors (Lipinski definition) is 3. The Morgan fingerprint density at radius 2 is 1.93 bits per heavy atom. The van der Waals surface area contributed by atoms with Crippen LogP contribution in [0.1, 0.15) is 45.8 Å². The molecule has 0 saturated carbocycles. The quantitative estimate of drug-likeness (QED) is 0.205. The zero-order valence-electron chi connectivity index (χ0n) is 19.4. The molecule has 1 aromatic rings. The van der Waals surface area contributed by atoms with E-state index in [9.17, 15) is 5.11 Å². The van der Waals surface area contributed by atoms with Gasteiger partial charge in [0.1, 0.15) is 5.75 Å². The van der Waals surface area contributed by atoms with Crippen molar-refractivity contribution in [2.75, 3.05) is 46.9 Å². The van der Waals surface area contributed by atoms with Crippen LogP contribution in [0.15, 0.2) is 29.3 Å². The highest BCUT2D eigenvalue weighted by Gasteiger charge is 2.12. The summed E-state index contributed by atoms with van der Waals surface area (Å²) in [6.07, 6.45) is 0.437. The molecule has 1 rings (SSSR count). The highest BCUT2D eigenvalue weighted by molar-refractivity contribution is 14.0. The molecule has 3 N–H and O–H groups in total. The minimum Gasteiger partial charge on any atom is -0.491 e. The Kier molecular flexibility index (Phi) is 16.0. The van der Waals surface area contributed by atoms with Crippen LogP contribution in [0.4, 0.5) is 0 Å². The lowest BCUT2D eigenvalue weighted by molar-refractivity contribution is 0.0582. The van der Waals surface area contributed by atoms with Crippen LogP contribution in [-0.4, -0.2) is 75.1 Å². The fraction of sp³-hybridized carbons (Fsp3) is 0.682. The van der Waals surface area contributed by atoms with Crippen LogP contribution in [0.5, 0.6) is 5.75 Å². The number of guanidine groups is 1. The van der Waals surface area contributed by atoms with Gasteiger partial charge in [-0.15, -0.1) is 24.0 Å². The fourth-order valence-electron chi connectivity index (χ4n) is 2.78. The summed E-state index contributed by atoms with van der Waals surface area (Å²) in [7, 11) is 4.11. The van der Waals surface area contributed by atoms with Gasteiger partial charge >= 0.3 is 0 Å². The molecule has 0 aliphatic rings. The average Bonchev–Trinajstić information content (AvgIpc) is 2.67. The highest BCUT2D eigenvalue weighted by atomic mass is 127. The first-order chi connectivity index (χ1) is 13.8. The van der Waals surface area contributed by atoms with Crippen molar-refractivity contribution in [2.45, 2.75) is 52.4 Å². The molecule has 0 spiro atoms. The first kappa shape index (κ1) is 28.9. The molecule has 0 aliphatic heterocycles. The summed E-state index contributed by atoms with van der Waals surface area (Å²) < 4.78 is 11.5. The fourth-order valence-corrected chi connectivity index (χ4v) is 2.78. The van der Waals surface area contributed by atoms with Crippen molar-refractivity contribution in [3.05, 3.63) is 29.8 Å². The number of aliphatic hydroxyl groups is 1. The number of nitrogens with one attached hydrogen (secondary N) is 2. The van der Waals surface area contributed by atoms with E-state index < -0.39 is 6.10 Å². The number of benzene rings is 1. The molecular formula is C22H41IN4O3. The van der Waals surface area contributed by atoms with E-state index in [-0.39, 0.29) is 36.2 Å². The molecule has 0 saturated heterocycles. The number of aliphatic hydroxyl groups excluding tert-OH is 1. The molecule has 30 heavy (non-hydrogen) atoms. The Morgan fingerprint density at radius 1 is 1.20 bits per heavy atom. The van der Waals surface area contributed by atoms with Crippen LogP contribution >= 0.6 is 24.0 Å². The molecule has 0 bridgehead atoms. The third kappa shape index (κ3) is 12.6. The minimum atomic E-state index is -0.661. The van der Waals surface area contributed by atoms with Gasteiger partial charge in [0.15, 0.2) is 5.96 Å². The smallest absolute Gasteiger partial charge is 0.191 e. The maximum Gasteiger partial charge on any atom is 0.191 e. The molecule has 0 aliphatic carbocycles. The molecule has 8 heteroatoms. The monoisotopic (exact) mass is 536 g/mol. The number of aliphatic imine (C=N–C) groups is 1. The third-order valence-corrected chi connectivity index (χ3v) is 4.18. The molecule has 0 amide bonds.